The number of rotatable bonds is 7. The van der Waals surface area contributed by atoms with Crippen molar-refractivity contribution >= 4 is 11.8 Å². The van der Waals surface area contributed by atoms with Gasteiger partial charge in [-0.1, -0.05) is 13.8 Å². The topological polar surface area (TPSA) is 15.3 Å². The number of likely N-dealkylation sites (tertiary alicyclic amines) is 1. The molecule has 0 aromatic rings. The number of hydrogen-bond acceptors (Lipinski definition) is 3. The summed E-state index contributed by atoms with van der Waals surface area (Å²) >= 11 is 0.0891. The molecule has 0 aliphatic carbocycles. The number of nitrogens with one attached hydrogen (secondary N) is 1. The highest BCUT2D eigenvalue weighted by Crippen LogP contribution is 2.30. The van der Waals surface area contributed by atoms with Gasteiger partial charge >= 0.3 is 5.51 Å². The minimum atomic E-state index is -4.09. The van der Waals surface area contributed by atoms with Gasteiger partial charge in [-0.25, -0.2) is 0 Å². The van der Waals surface area contributed by atoms with E-state index in [1.165, 1.54) is 0 Å². The minimum Gasteiger partial charge on any atom is -0.315 e. The molecule has 0 radical (unpaired) electrons. The Morgan fingerprint density at radius 3 is 2.72 bits per heavy atom. The van der Waals surface area contributed by atoms with Crippen LogP contribution < -0.4 is 5.32 Å². The van der Waals surface area contributed by atoms with E-state index >= 15 is 0 Å². The van der Waals surface area contributed by atoms with Crippen molar-refractivity contribution in [2.75, 3.05) is 31.9 Å². The first-order valence-electron chi connectivity index (χ1n) is 6.54. The lowest BCUT2D eigenvalue weighted by Gasteiger charge is -2.25. The van der Waals surface area contributed by atoms with Crippen LogP contribution in [0, 0.1) is 5.92 Å². The Hall–Kier alpha value is 0.0600. The van der Waals surface area contributed by atoms with E-state index < -0.39 is 5.51 Å². The third-order valence-corrected chi connectivity index (χ3v) is 3.79. The fourth-order valence-electron chi connectivity index (χ4n) is 2.24. The Kier molecular flexibility index (Phi) is 6.81. The van der Waals surface area contributed by atoms with E-state index in [4.69, 9.17) is 0 Å². The SMILES string of the molecule is CC(C)CNCC1CCCN1CCSC(F)(F)F. The van der Waals surface area contributed by atoms with Crippen molar-refractivity contribution in [1.82, 2.24) is 10.2 Å². The third kappa shape index (κ3) is 6.85. The lowest BCUT2D eigenvalue weighted by atomic mass is 10.2. The van der Waals surface area contributed by atoms with E-state index in [0.717, 1.165) is 32.5 Å². The fourth-order valence-corrected chi connectivity index (χ4v) is 2.80. The van der Waals surface area contributed by atoms with E-state index in [0.29, 0.717) is 18.5 Å². The summed E-state index contributed by atoms with van der Waals surface area (Å²) in [6.07, 6.45) is 2.20. The Bertz CT molecular complexity index is 234. The van der Waals surface area contributed by atoms with Gasteiger partial charge in [0.15, 0.2) is 0 Å². The van der Waals surface area contributed by atoms with E-state index in [-0.39, 0.29) is 17.5 Å². The fraction of sp³-hybridized carbons (Fsp3) is 1.00. The van der Waals surface area contributed by atoms with Gasteiger partial charge in [0.2, 0.25) is 0 Å². The smallest absolute Gasteiger partial charge is 0.315 e. The Labute approximate surface area is 112 Å². The average molecular weight is 284 g/mol. The standard InChI is InChI=1S/C12H23F3N2S/c1-10(2)8-16-9-11-4-3-5-17(11)6-7-18-12(13,14)15/h10-11,16H,3-9H2,1-2H3. The summed E-state index contributed by atoms with van der Waals surface area (Å²) in [7, 11) is 0. The molecule has 2 nitrogen and oxygen atoms in total. The average Bonchev–Trinajstić information content (AvgIpc) is 2.63. The molecule has 1 aliphatic heterocycles. The van der Waals surface area contributed by atoms with Crippen LogP contribution in [0.4, 0.5) is 13.2 Å². The zero-order valence-corrected chi connectivity index (χ0v) is 11.9. The van der Waals surface area contributed by atoms with Gasteiger partial charge < -0.3 is 5.32 Å². The van der Waals surface area contributed by atoms with E-state index in [1.807, 2.05) is 0 Å². The molecule has 1 atom stereocenters. The second-order valence-electron chi connectivity index (χ2n) is 5.18. The first kappa shape index (κ1) is 16.1. The van der Waals surface area contributed by atoms with Crippen molar-refractivity contribution in [1.29, 1.82) is 0 Å². The van der Waals surface area contributed by atoms with Gasteiger partial charge in [-0.2, -0.15) is 13.2 Å². The Balaban J connectivity index is 2.19. The predicted molar refractivity (Wildman–Crippen MR) is 70.8 cm³/mol. The van der Waals surface area contributed by atoms with Gasteiger partial charge in [0.25, 0.3) is 0 Å². The molecule has 0 amide bonds. The summed E-state index contributed by atoms with van der Waals surface area (Å²) in [6.45, 7) is 7.65. The summed E-state index contributed by atoms with van der Waals surface area (Å²) < 4.78 is 36.2. The molecule has 0 spiro atoms. The molecule has 0 aromatic carbocycles. The molecule has 0 aromatic heterocycles. The molecule has 0 bridgehead atoms. The third-order valence-electron chi connectivity index (χ3n) is 3.08. The number of thioether (sulfide) groups is 1. The van der Waals surface area contributed by atoms with Crippen LogP contribution in [0.15, 0.2) is 0 Å². The molecular weight excluding hydrogens is 261 g/mol. The largest absolute Gasteiger partial charge is 0.441 e. The number of hydrogen-bond donors (Lipinski definition) is 1. The van der Waals surface area contributed by atoms with Gasteiger partial charge in [-0.15, -0.1) is 0 Å². The summed E-state index contributed by atoms with van der Waals surface area (Å²) in [5.74, 6) is 0.755. The van der Waals surface area contributed by atoms with Gasteiger partial charge in [-0.3, -0.25) is 4.90 Å². The molecule has 1 fully saturated rings. The summed E-state index contributed by atoms with van der Waals surface area (Å²) in [5, 5.41) is 3.39. The van der Waals surface area contributed by atoms with Gasteiger partial charge in [-0.05, 0) is 43.6 Å². The zero-order valence-electron chi connectivity index (χ0n) is 11.1. The molecule has 1 rings (SSSR count). The highest BCUT2D eigenvalue weighted by molar-refractivity contribution is 8.00. The Morgan fingerprint density at radius 1 is 1.39 bits per heavy atom. The molecule has 1 saturated heterocycles. The maximum Gasteiger partial charge on any atom is 0.441 e. The van der Waals surface area contributed by atoms with Crippen LogP contribution in [0.3, 0.4) is 0 Å². The second kappa shape index (κ2) is 7.60. The van der Waals surface area contributed by atoms with Crippen LogP contribution in [-0.4, -0.2) is 48.4 Å². The second-order valence-corrected chi connectivity index (χ2v) is 6.34. The zero-order chi connectivity index (χ0) is 13.6. The predicted octanol–water partition coefficient (Wildman–Crippen LogP) is 2.95. The Morgan fingerprint density at radius 2 is 2.11 bits per heavy atom. The van der Waals surface area contributed by atoms with Gasteiger partial charge in [0, 0.05) is 24.9 Å². The minimum absolute atomic E-state index is 0.0891. The van der Waals surface area contributed by atoms with Crippen molar-refractivity contribution in [3.63, 3.8) is 0 Å². The quantitative estimate of drug-likeness (QED) is 0.774. The van der Waals surface area contributed by atoms with E-state index in [1.54, 1.807) is 0 Å². The van der Waals surface area contributed by atoms with Crippen LogP contribution in [-0.2, 0) is 0 Å². The van der Waals surface area contributed by atoms with Crippen molar-refractivity contribution < 1.29 is 13.2 Å². The van der Waals surface area contributed by atoms with Crippen molar-refractivity contribution in [2.45, 2.75) is 38.2 Å². The van der Waals surface area contributed by atoms with Crippen LogP contribution >= 0.6 is 11.8 Å². The molecule has 18 heavy (non-hydrogen) atoms. The van der Waals surface area contributed by atoms with Crippen molar-refractivity contribution in [3.05, 3.63) is 0 Å². The molecule has 6 heteroatoms. The van der Waals surface area contributed by atoms with Crippen LogP contribution in [0.25, 0.3) is 0 Å². The summed E-state index contributed by atoms with van der Waals surface area (Å²) in [6, 6.07) is 0.414. The molecule has 1 aliphatic rings. The number of halogens is 3. The summed E-state index contributed by atoms with van der Waals surface area (Å²) in [5.41, 5.74) is -4.09. The van der Waals surface area contributed by atoms with Crippen molar-refractivity contribution in [2.24, 2.45) is 5.92 Å². The van der Waals surface area contributed by atoms with Gasteiger partial charge in [0.05, 0.1) is 0 Å². The first-order chi connectivity index (χ1) is 8.38. The highest BCUT2D eigenvalue weighted by Gasteiger charge is 2.29. The maximum absolute atomic E-state index is 12.1. The maximum atomic E-state index is 12.1. The van der Waals surface area contributed by atoms with Crippen LogP contribution in [0.2, 0.25) is 0 Å². The monoisotopic (exact) mass is 284 g/mol. The lowest BCUT2D eigenvalue weighted by molar-refractivity contribution is -0.0328. The molecule has 1 N–H and O–H groups in total. The first-order valence-corrected chi connectivity index (χ1v) is 7.52. The lowest BCUT2D eigenvalue weighted by Crippen LogP contribution is -2.40. The normalized spacial score (nSPS) is 22.0. The van der Waals surface area contributed by atoms with Crippen molar-refractivity contribution in [3.8, 4) is 0 Å². The van der Waals surface area contributed by atoms with E-state index in [9.17, 15) is 13.2 Å². The van der Waals surface area contributed by atoms with Gasteiger partial charge in [0.1, 0.15) is 0 Å². The highest BCUT2D eigenvalue weighted by atomic mass is 32.2. The number of nitrogens with zero attached hydrogens (tertiary/aromatic N) is 1. The molecule has 0 saturated carbocycles. The number of alkyl halides is 3. The molecule has 1 unspecified atom stereocenters. The molecule has 1 heterocycles. The van der Waals surface area contributed by atoms with E-state index in [2.05, 4.69) is 24.1 Å². The molecular formula is C12H23F3N2S. The molecule has 108 valence electrons. The van der Waals surface area contributed by atoms with Crippen LogP contribution in [0.5, 0.6) is 0 Å². The summed E-state index contributed by atoms with van der Waals surface area (Å²) in [4.78, 5) is 2.19. The van der Waals surface area contributed by atoms with Crippen LogP contribution in [0.1, 0.15) is 26.7 Å².